The van der Waals surface area contributed by atoms with Gasteiger partial charge >= 0.3 is 0 Å². The SMILES string of the molecule is Cc1ccc2c3ccncc3n(-c3ccccc3)c2c1N1C=CN(C)[C@@H]1C. The van der Waals surface area contributed by atoms with Crippen LogP contribution in [0.2, 0.25) is 0 Å². The highest BCUT2D eigenvalue weighted by atomic mass is 15.4. The van der Waals surface area contributed by atoms with Gasteiger partial charge < -0.3 is 14.4 Å². The second-order valence-electron chi connectivity index (χ2n) is 7.19. The van der Waals surface area contributed by atoms with Crippen molar-refractivity contribution in [1.82, 2.24) is 14.5 Å². The molecule has 2 aromatic carbocycles. The third kappa shape index (κ3) is 2.26. The molecule has 0 fully saturated rings. The highest BCUT2D eigenvalue weighted by Gasteiger charge is 2.26. The first kappa shape index (κ1) is 15.9. The van der Waals surface area contributed by atoms with Gasteiger partial charge in [0.1, 0.15) is 6.17 Å². The van der Waals surface area contributed by atoms with Crippen LogP contribution >= 0.6 is 0 Å². The first-order chi connectivity index (χ1) is 13.2. The number of pyridine rings is 1. The Labute approximate surface area is 159 Å². The van der Waals surface area contributed by atoms with Gasteiger partial charge in [0.05, 0.1) is 22.9 Å². The summed E-state index contributed by atoms with van der Waals surface area (Å²) in [5, 5.41) is 2.49. The van der Waals surface area contributed by atoms with E-state index in [1.54, 1.807) is 0 Å². The van der Waals surface area contributed by atoms with E-state index in [0.717, 1.165) is 11.2 Å². The maximum Gasteiger partial charge on any atom is 0.102 e. The molecule has 1 atom stereocenters. The molecule has 4 aromatic rings. The molecule has 27 heavy (non-hydrogen) atoms. The molecule has 4 heteroatoms. The number of anilines is 1. The Bertz CT molecular complexity index is 1170. The van der Waals surface area contributed by atoms with Gasteiger partial charge in [-0.05, 0) is 37.6 Å². The number of nitrogens with zero attached hydrogens (tertiary/aromatic N) is 4. The maximum absolute atomic E-state index is 4.41. The van der Waals surface area contributed by atoms with E-state index in [-0.39, 0.29) is 6.17 Å². The zero-order chi connectivity index (χ0) is 18.5. The first-order valence-electron chi connectivity index (χ1n) is 9.28. The van der Waals surface area contributed by atoms with Gasteiger partial charge in [-0.15, -0.1) is 0 Å². The molecule has 4 nitrogen and oxygen atoms in total. The third-order valence-electron chi connectivity index (χ3n) is 5.63. The zero-order valence-electron chi connectivity index (χ0n) is 15.8. The summed E-state index contributed by atoms with van der Waals surface area (Å²) >= 11 is 0. The van der Waals surface area contributed by atoms with Crippen LogP contribution in [0.1, 0.15) is 12.5 Å². The van der Waals surface area contributed by atoms with Crippen molar-refractivity contribution in [2.45, 2.75) is 20.0 Å². The molecule has 0 saturated carbocycles. The van der Waals surface area contributed by atoms with Crippen LogP contribution < -0.4 is 4.90 Å². The second kappa shape index (κ2) is 5.88. The van der Waals surface area contributed by atoms with Crippen molar-refractivity contribution in [2.24, 2.45) is 0 Å². The minimum absolute atomic E-state index is 0.273. The predicted octanol–water partition coefficient (Wildman–Crippen LogP) is 5.06. The van der Waals surface area contributed by atoms with Crippen molar-refractivity contribution in [2.75, 3.05) is 11.9 Å². The summed E-state index contributed by atoms with van der Waals surface area (Å²) in [6, 6.07) is 17.1. The molecule has 2 aromatic heterocycles. The molecule has 134 valence electrons. The van der Waals surface area contributed by atoms with Gasteiger partial charge in [-0.2, -0.15) is 0 Å². The van der Waals surface area contributed by atoms with Gasteiger partial charge in [0.25, 0.3) is 0 Å². The summed E-state index contributed by atoms with van der Waals surface area (Å²) in [5.74, 6) is 0. The van der Waals surface area contributed by atoms with Crippen LogP contribution in [0, 0.1) is 6.92 Å². The number of para-hydroxylation sites is 1. The van der Waals surface area contributed by atoms with Crippen LogP contribution in [-0.4, -0.2) is 27.7 Å². The number of rotatable bonds is 2. The van der Waals surface area contributed by atoms with E-state index in [1.165, 1.54) is 27.5 Å². The van der Waals surface area contributed by atoms with E-state index in [9.17, 15) is 0 Å². The predicted molar refractivity (Wildman–Crippen MR) is 112 cm³/mol. The lowest BCUT2D eigenvalue weighted by Gasteiger charge is -2.29. The Morgan fingerprint density at radius 1 is 0.926 bits per heavy atom. The second-order valence-corrected chi connectivity index (χ2v) is 7.19. The van der Waals surface area contributed by atoms with E-state index in [1.807, 2.05) is 12.4 Å². The lowest BCUT2D eigenvalue weighted by Crippen LogP contribution is -2.34. The van der Waals surface area contributed by atoms with Gasteiger partial charge in [0.15, 0.2) is 0 Å². The smallest absolute Gasteiger partial charge is 0.102 e. The van der Waals surface area contributed by atoms with Crippen molar-refractivity contribution in [3.63, 3.8) is 0 Å². The van der Waals surface area contributed by atoms with E-state index in [4.69, 9.17) is 0 Å². The van der Waals surface area contributed by atoms with Crippen molar-refractivity contribution in [1.29, 1.82) is 0 Å². The van der Waals surface area contributed by atoms with E-state index >= 15 is 0 Å². The molecular weight excluding hydrogens is 332 g/mol. The molecule has 1 aliphatic rings. The Morgan fingerprint density at radius 3 is 2.48 bits per heavy atom. The Kier molecular flexibility index (Phi) is 3.47. The Hall–Kier alpha value is -3.27. The highest BCUT2D eigenvalue weighted by molar-refractivity contribution is 6.13. The summed E-state index contributed by atoms with van der Waals surface area (Å²) in [6.45, 7) is 4.42. The Morgan fingerprint density at radius 2 is 1.74 bits per heavy atom. The molecule has 0 saturated heterocycles. The van der Waals surface area contributed by atoms with Gasteiger partial charge in [-0.3, -0.25) is 4.98 Å². The standard InChI is InChI=1S/C23H22N4/c1-16-9-10-20-19-11-12-24-15-21(19)27(18-7-5-4-6-8-18)23(20)22(16)26-14-13-25(3)17(26)2/h4-15,17H,1-3H3/t17-/m0/s1. The maximum atomic E-state index is 4.41. The quantitative estimate of drug-likeness (QED) is 0.503. The van der Waals surface area contributed by atoms with Gasteiger partial charge in [-0.25, -0.2) is 0 Å². The van der Waals surface area contributed by atoms with Gasteiger partial charge in [0, 0.05) is 42.1 Å². The molecule has 0 spiro atoms. The number of hydrogen-bond donors (Lipinski definition) is 0. The van der Waals surface area contributed by atoms with Crippen molar-refractivity contribution >= 4 is 27.5 Å². The molecule has 0 bridgehead atoms. The molecule has 5 rings (SSSR count). The molecule has 0 N–H and O–H groups in total. The number of benzene rings is 2. The van der Waals surface area contributed by atoms with Crippen molar-refractivity contribution < 1.29 is 0 Å². The van der Waals surface area contributed by atoms with Crippen LogP contribution in [-0.2, 0) is 0 Å². The normalized spacial score (nSPS) is 16.8. The summed E-state index contributed by atoms with van der Waals surface area (Å²) in [4.78, 5) is 9.01. The summed E-state index contributed by atoms with van der Waals surface area (Å²) < 4.78 is 2.35. The molecule has 0 unspecified atom stereocenters. The average Bonchev–Trinajstić information content (AvgIpc) is 3.20. The largest absolute Gasteiger partial charge is 0.359 e. The fourth-order valence-corrected chi connectivity index (χ4v) is 4.09. The van der Waals surface area contributed by atoms with Crippen LogP contribution in [0.5, 0.6) is 0 Å². The van der Waals surface area contributed by atoms with Crippen LogP contribution in [0.4, 0.5) is 5.69 Å². The highest BCUT2D eigenvalue weighted by Crippen LogP contribution is 2.40. The lowest BCUT2D eigenvalue weighted by atomic mass is 10.1. The molecule has 0 radical (unpaired) electrons. The number of fused-ring (bicyclic) bond motifs is 3. The molecule has 0 aliphatic carbocycles. The van der Waals surface area contributed by atoms with Gasteiger partial charge in [0.2, 0.25) is 0 Å². The average molecular weight is 354 g/mol. The fourth-order valence-electron chi connectivity index (χ4n) is 4.09. The van der Waals surface area contributed by atoms with Crippen molar-refractivity contribution in [3.05, 3.63) is 78.9 Å². The number of hydrogen-bond acceptors (Lipinski definition) is 3. The fraction of sp³-hybridized carbons (Fsp3) is 0.174. The monoisotopic (exact) mass is 354 g/mol. The van der Waals surface area contributed by atoms with Crippen LogP contribution in [0.25, 0.3) is 27.5 Å². The minimum Gasteiger partial charge on any atom is -0.359 e. The number of aromatic nitrogens is 2. The topological polar surface area (TPSA) is 24.3 Å². The molecular formula is C23H22N4. The van der Waals surface area contributed by atoms with Gasteiger partial charge in [-0.1, -0.05) is 30.3 Å². The minimum atomic E-state index is 0.273. The summed E-state index contributed by atoms with van der Waals surface area (Å²) in [7, 11) is 2.12. The summed E-state index contributed by atoms with van der Waals surface area (Å²) in [5.41, 5.74) is 6.04. The lowest BCUT2D eigenvalue weighted by molar-refractivity contribution is 0.383. The summed E-state index contributed by atoms with van der Waals surface area (Å²) in [6.07, 6.45) is 8.44. The Balaban J connectivity index is 1.94. The van der Waals surface area contributed by atoms with Crippen LogP contribution in [0.15, 0.2) is 73.3 Å². The van der Waals surface area contributed by atoms with Crippen molar-refractivity contribution in [3.8, 4) is 5.69 Å². The molecule has 0 amide bonds. The molecule has 3 heterocycles. The first-order valence-corrected chi connectivity index (χ1v) is 9.28. The zero-order valence-corrected chi connectivity index (χ0v) is 15.8. The van der Waals surface area contributed by atoms with E-state index in [0.29, 0.717) is 0 Å². The molecule has 1 aliphatic heterocycles. The van der Waals surface area contributed by atoms with E-state index < -0.39 is 0 Å². The third-order valence-corrected chi connectivity index (χ3v) is 5.63. The van der Waals surface area contributed by atoms with E-state index in [2.05, 4.69) is 101 Å². The van der Waals surface area contributed by atoms with Crippen LogP contribution in [0.3, 0.4) is 0 Å². The number of aryl methyl sites for hydroxylation is 1.